The summed E-state index contributed by atoms with van der Waals surface area (Å²) in [6.07, 6.45) is 0. The molecule has 1 unspecified atom stereocenters. The zero-order valence-corrected chi connectivity index (χ0v) is 8.59. The summed E-state index contributed by atoms with van der Waals surface area (Å²) in [5.41, 5.74) is 1.11. The van der Waals surface area contributed by atoms with Crippen LogP contribution in [0.5, 0.6) is 0 Å². The van der Waals surface area contributed by atoms with E-state index in [2.05, 4.69) is 17.2 Å². The summed E-state index contributed by atoms with van der Waals surface area (Å²) < 4.78 is 3.07. The van der Waals surface area contributed by atoms with Crippen molar-refractivity contribution in [2.45, 2.75) is 0 Å². The molecule has 0 spiro atoms. The van der Waals surface area contributed by atoms with Crippen LogP contribution >= 0.6 is 7.13 Å². The molecular formula is C8H7AuP. The Labute approximate surface area is 72.3 Å². The van der Waals surface area contributed by atoms with Crippen LogP contribution < -0.4 is 0 Å². The van der Waals surface area contributed by atoms with Gasteiger partial charge in [0.25, 0.3) is 0 Å². The molecule has 2 heteroatoms. The van der Waals surface area contributed by atoms with Gasteiger partial charge in [-0.3, -0.25) is 0 Å². The quantitative estimate of drug-likeness (QED) is 0.387. The molecule has 0 bridgehead atoms. The molecule has 0 heterocycles. The molecule has 1 rings (SSSR count). The second-order valence-corrected chi connectivity index (χ2v) is 4.25. The molecule has 0 saturated carbocycles. The Bertz CT molecular complexity index is 245. The van der Waals surface area contributed by atoms with Crippen LogP contribution in [-0.4, -0.2) is 0 Å². The fourth-order valence-corrected chi connectivity index (χ4v) is 1.41. The zero-order valence-electron chi connectivity index (χ0n) is 5.27. The monoisotopic (exact) mass is 331 g/mol. The van der Waals surface area contributed by atoms with Crippen molar-refractivity contribution >= 4 is 7.13 Å². The maximum atomic E-state index is 3.07. The first-order valence-electron chi connectivity index (χ1n) is 2.74. The van der Waals surface area contributed by atoms with E-state index in [0.29, 0.717) is 0 Å². The molecular weight excluding hydrogens is 324 g/mol. The predicted octanol–water partition coefficient (Wildman–Crippen LogP) is 1.87. The first-order chi connectivity index (χ1) is 4.93. The minimum atomic E-state index is 0.131. The van der Waals surface area contributed by atoms with Gasteiger partial charge in [-0.25, -0.2) is 0 Å². The molecule has 0 aliphatic rings. The third kappa shape index (κ3) is 2.69. The van der Waals surface area contributed by atoms with Gasteiger partial charge in [-0.1, -0.05) is 0 Å². The van der Waals surface area contributed by atoms with Gasteiger partial charge in [-0.05, 0) is 0 Å². The average molecular weight is 331 g/mol. The van der Waals surface area contributed by atoms with Crippen LogP contribution in [0.15, 0.2) is 30.3 Å². The molecule has 0 aliphatic heterocycles. The average Bonchev–Trinajstić information content (AvgIpc) is 2.03. The summed E-state index contributed by atoms with van der Waals surface area (Å²) in [7, 11) is 2.67. The van der Waals surface area contributed by atoms with Crippen molar-refractivity contribution in [3.05, 3.63) is 35.9 Å². The summed E-state index contributed by atoms with van der Waals surface area (Å²) in [5.74, 6) is 3.07. The molecule has 0 N–H and O–H groups in total. The van der Waals surface area contributed by atoms with E-state index >= 15 is 0 Å². The van der Waals surface area contributed by atoms with Gasteiger partial charge in [0.1, 0.15) is 0 Å². The molecule has 1 atom stereocenters. The number of hydrogen-bond donors (Lipinski definition) is 0. The van der Waals surface area contributed by atoms with E-state index in [1.54, 1.807) is 0 Å². The van der Waals surface area contributed by atoms with Crippen LogP contribution in [0.4, 0.5) is 0 Å². The molecule has 0 radical (unpaired) electrons. The van der Waals surface area contributed by atoms with Crippen LogP contribution in [0.1, 0.15) is 5.56 Å². The van der Waals surface area contributed by atoms with Crippen LogP contribution in [0, 0.1) is 10.1 Å². The topological polar surface area (TPSA) is 0 Å². The first kappa shape index (κ1) is 8.05. The van der Waals surface area contributed by atoms with Crippen molar-refractivity contribution in [2.75, 3.05) is 0 Å². The maximum absolute atomic E-state index is 3.07. The van der Waals surface area contributed by atoms with Crippen molar-refractivity contribution in [3.63, 3.8) is 0 Å². The Hall–Kier alpha value is -0.0497. The third-order valence-corrected chi connectivity index (χ3v) is 2.30. The van der Waals surface area contributed by atoms with Gasteiger partial charge in [0.05, 0.1) is 0 Å². The van der Waals surface area contributed by atoms with E-state index in [1.165, 1.54) is 0 Å². The zero-order chi connectivity index (χ0) is 7.23. The summed E-state index contributed by atoms with van der Waals surface area (Å²) in [4.78, 5) is 0. The number of rotatable bonds is 0. The van der Waals surface area contributed by atoms with Crippen LogP contribution in [0.3, 0.4) is 0 Å². The fourth-order valence-electron chi connectivity index (χ4n) is 0.587. The Morgan fingerprint density at radius 2 is 1.90 bits per heavy atom. The van der Waals surface area contributed by atoms with Gasteiger partial charge in [0.15, 0.2) is 0 Å². The van der Waals surface area contributed by atoms with Gasteiger partial charge >= 0.3 is 72.3 Å². The van der Waals surface area contributed by atoms with Crippen LogP contribution in [0.25, 0.3) is 0 Å². The Morgan fingerprint density at radius 3 is 2.50 bits per heavy atom. The Morgan fingerprint density at radius 1 is 1.20 bits per heavy atom. The standard InChI is InChI=1S/C8H5.Au.H2P/c1-2-8-6-4-3-5-7-8;;/h3-7H;;1H2/q;+1;-1. The number of benzene rings is 1. The summed E-state index contributed by atoms with van der Waals surface area (Å²) in [6.45, 7) is 0. The molecule has 0 aromatic heterocycles. The predicted molar refractivity (Wildman–Crippen MR) is 43.0 cm³/mol. The van der Waals surface area contributed by atoms with Crippen LogP contribution in [0.2, 0.25) is 0 Å². The van der Waals surface area contributed by atoms with E-state index in [4.69, 9.17) is 0 Å². The normalized spacial score (nSPS) is 8.50. The van der Waals surface area contributed by atoms with Crippen LogP contribution in [-0.2, 0) is 19.2 Å². The van der Waals surface area contributed by atoms with E-state index in [-0.39, 0.29) is 19.2 Å². The van der Waals surface area contributed by atoms with Gasteiger partial charge in [-0.2, -0.15) is 0 Å². The van der Waals surface area contributed by atoms with Crippen molar-refractivity contribution < 1.29 is 19.2 Å². The first-order valence-corrected chi connectivity index (χ1v) is 7.92. The molecule has 1 aromatic carbocycles. The van der Waals surface area contributed by atoms with E-state index in [0.717, 1.165) is 5.56 Å². The molecule has 10 heavy (non-hydrogen) atoms. The van der Waals surface area contributed by atoms with E-state index in [9.17, 15) is 0 Å². The SMILES string of the molecule is [PH2][Au][C]#Cc1ccccc1. The molecule has 0 saturated heterocycles. The summed E-state index contributed by atoms with van der Waals surface area (Å²) >= 11 is 0.131. The van der Waals surface area contributed by atoms with Gasteiger partial charge in [-0.15, -0.1) is 0 Å². The molecule has 0 fully saturated rings. The van der Waals surface area contributed by atoms with Crippen molar-refractivity contribution in [1.29, 1.82) is 0 Å². The fraction of sp³-hybridized carbons (Fsp3) is 0. The summed E-state index contributed by atoms with van der Waals surface area (Å²) in [6, 6.07) is 10.1. The molecule has 55 valence electrons. The molecule has 0 nitrogen and oxygen atoms in total. The van der Waals surface area contributed by atoms with Crippen molar-refractivity contribution in [1.82, 2.24) is 0 Å². The van der Waals surface area contributed by atoms with E-state index in [1.807, 2.05) is 30.3 Å². The third-order valence-electron chi connectivity index (χ3n) is 0.999. The second-order valence-electron chi connectivity index (χ2n) is 1.65. The van der Waals surface area contributed by atoms with Gasteiger partial charge in [0, 0.05) is 0 Å². The van der Waals surface area contributed by atoms with Crippen molar-refractivity contribution in [2.24, 2.45) is 0 Å². The van der Waals surface area contributed by atoms with Gasteiger partial charge in [0.2, 0.25) is 0 Å². The molecule has 0 aliphatic carbocycles. The van der Waals surface area contributed by atoms with E-state index < -0.39 is 0 Å². The minimum absolute atomic E-state index is 0.131. The molecule has 0 amide bonds. The Balaban J connectivity index is 2.76. The Kier molecular flexibility index (Phi) is 3.80. The molecule has 1 aromatic rings. The van der Waals surface area contributed by atoms with Crippen molar-refractivity contribution in [3.8, 4) is 10.1 Å². The second kappa shape index (κ2) is 4.72. The van der Waals surface area contributed by atoms with Gasteiger partial charge < -0.3 is 0 Å². The summed E-state index contributed by atoms with van der Waals surface area (Å²) in [5, 5.41) is 0. The number of hydrogen-bond acceptors (Lipinski definition) is 0.